The van der Waals surface area contributed by atoms with Crippen molar-refractivity contribution in [1.29, 1.82) is 0 Å². The van der Waals surface area contributed by atoms with Crippen LogP contribution in [0.15, 0.2) is 24.4 Å². The molecule has 1 aromatic rings. The Hall–Kier alpha value is -1.91. The molecule has 1 amide bonds. The van der Waals surface area contributed by atoms with Crippen molar-refractivity contribution < 1.29 is 14.3 Å². The van der Waals surface area contributed by atoms with E-state index in [1.165, 1.54) is 31.5 Å². The Labute approximate surface area is 105 Å². The number of aromatic nitrogens is 1. The monoisotopic (exact) mass is 246 g/mol. The van der Waals surface area contributed by atoms with E-state index in [0.29, 0.717) is 5.41 Å². The molecule has 5 nitrogen and oxygen atoms in total. The minimum absolute atomic E-state index is 0.157. The summed E-state index contributed by atoms with van der Waals surface area (Å²) in [6.45, 7) is 1.45. The molecule has 1 aliphatic carbocycles. The first kappa shape index (κ1) is 11.2. The summed E-state index contributed by atoms with van der Waals surface area (Å²) in [5.41, 5.74) is 0.498. The van der Waals surface area contributed by atoms with Gasteiger partial charge in [0.15, 0.2) is 0 Å². The Morgan fingerprint density at radius 2 is 2.06 bits per heavy atom. The zero-order valence-corrected chi connectivity index (χ0v) is 9.96. The Morgan fingerprint density at radius 3 is 2.61 bits per heavy atom. The summed E-state index contributed by atoms with van der Waals surface area (Å²) in [6, 6.07) is 4.91. The van der Waals surface area contributed by atoms with Crippen LogP contribution in [0, 0.1) is 5.41 Å². The molecule has 0 radical (unpaired) electrons. The van der Waals surface area contributed by atoms with Crippen LogP contribution in [0.4, 0.5) is 4.79 Å². The molecular formula is C13H14N2O3. The van der Waals surface area contributed by atoms with Gasteiger partial charge in [0.25, 0.3) is 0 Å². The van der Waals surface area contributed by atoms with Crippen LogP contribution in [0.1, 0.15) is 29.8 Å². The second kappa shape index (κ2) is 4.08. The van der Waals surface area contributed by atoms with E-state index in [4.69, 9.17) is 4.74 Å². The second-order valence-corrected chi connectivity index (χ2v) is 5.08. The maximum Gasteiger partial charge on any atom is 0.417 e. The van der Waals surface area contributed by atoms with Crippen LogP contribution in [0.2, 0.25) is 0 Å². The molecule has 18 heavy (non-hydrogen) atoms. The number of hydrogen-bond donors (Lipinski definition) is 0. The molecule has 1 saturated heterocycles. The van der Waals surface area contributed by atoms with E-state index in [1.54, 1.807) is 17.0 Å². The van der Waals surface area contributed by atoms with E-state index in [1.807, 2.05) is 0 Å². The van der Waals surface area contributed by atoms with Crippen molar-refractivity contribution in [3.63, 3.8) is 0 Å². The topological polar surface area (TPSA) is 59.5 Å². The van der Waals surface area contributed by atoms with E-state index in [-0.39, 0.29) is 5.69 Å². The summed E-state index contributed by atoms with van der Waals surface area (Å²) >= 11 is 0. The third-order valence-corrected chi connectivity index (χ3v) is 3.78. The predicted octanol–water partition coefficient (Wildman–Crippen LogP) is 1.84. The number of esters is 1. The molecule has 2 aliphatic rings. The number of carbonyl (C=O) groups is 2. The molecule has 1 aliphatic heterocycles. The average molecular weight is 246 g/mol. The van der Waals surface area contributed by atoms with Crippen molar-refractivity contribution in [2.45, 2.75) is 19.3 Å². The summed E-state index contributed by atoms with van der Waals surface area (Å²) in [5.74, 6) is -0.685. The zero-order chi connectivity index (χ0) is 12.6. The van der Waals surface area contributed by atoms with Crippen molar-refractivity contribution in [3.8, 4) is 0 Å². The zero-order valence-electron chi connectivity index (χ0n) is 9.96. The summed E-state index contributed by atoms with van der Waals surface area (Å²) in [6.07, 6.45) is 4.56. The number of carbonyl (C=O) groups excluding carboxylic acids is 2. The van der Waals surface area contributed by atoms with Crippen LogP contribution in [-0.2, 0) is 4.74 Å². The smallest absolute Gasteiger partial charge is 0.371 e. The second-order valence-electron chi connectivity index (χ2n) is 5.08. The number of amides is 1. The molecular weight excluding hydrogens is 232 g/mol. The number of likely N-dealkylation sites (tertiary alicyclic amines) is 1. The van der Waals surface area contributed by atoms with E-state index < -0.39 is 12.1 Å². The highest BCUT2D eigenvalue weighted by atomic mass is 16.6. The van der Waals surface area contributed by atoms with Gasteiger partial charge in [-0.2, -0.15) is 0 Å². The Kier molecular flexibility index (Phi) is 2.54. The van der Waals surface area contributed by atoms with Crippen molar-refractivity contribution >= 4 is 12.1 Å². The lowest BCUT2D eigenvalue weighted by Gasteiger charge is -2.54. The molecule has 5 heteroatoms. The Bertz CT molecular complexity index is 474. The van der Waals surface area contributed by atoms with Gasteiger partial charge in [-0.1, -0.05) is 12.5 Å². The normalized spacial score (nSPS) is 19.9. The summed E-state index contributed by atoms with van der Waals surface area (Å²) in [5, 5.41) is 0. The summed E-state index contributed by atoms with van der Waals surface area (Å²) in [4.78, 5) is 28.7. The van der Waals surface area contributed by atoms with Crippen LogP contribution in [0.5, 0.6) is 0 Å². The lowest BCUT2D eigenvalue weighted by Crippen LogP contribution is -2.61. The average Bonchev–Trinajstić information content (AvgIpc) is 2.26. The molecule has 0 unspecified atom stereocenters. The molecule has 1 spiro atoms. The fourth-order valence-electron chi connectivity index (χ4n) is 2.57. The van der Waals surface area contributed by atoms with Crippen LogP contribution >= 0.6 is 0 Å². The van der Waals surface area contributed by atoms with Crippen molar-refractivity contribution in [2.75, 3.05) is 13.1 Å². The standard InChI is InChI=1S/C13H14N2O3/c16-11(10-4-1-2-7-14-10)18-12(17)15-8-13(9-15)5-3-6-13/h1-2,4,7H,3,5-6,8-9H2. The minimum atomic E-state index is -0.685. The van der Waals surface area contributed by atoms with Crippen molar-refractivity contribution in [3.05, 3.63) is 30.1 Å². The van der Waals surface area contributed by atoms with E-state index in [2.05, 4.69) is 4.98 Å². The fourth-order valence-corrected chi connectivity index (χ4v) is 2.57. The highest BCUT2D eigenvalue weighted by molar-refractivity contribution is 5.95. The van der Waals surface area contributed by atoms with Crippen LogP contribution < -0.4 is 0 Å². The van der Waals surface area contributed by atoms with E-state index in [0.717, 1.165) is 13.1 Å². The van der Waals surface area contributed by atoms with Crippen molar-refractivity contribution in [2.24, 2.45) is 5.41 Å². The summed E-state index contributed by atoms with van der Waals surface area (Å²) < 4.78 is 4.79. The van der Waals surface area contributed by atoms with Crippen LogP contribution in [0.25, 0.3) is 0 Å². The van der Waals surface area contributed by atoms with Crippen LogP contribution in [-0.4, -0.2) is 35.0 Å². The molecule has 1 saturated carbocycles. The van der Waals surface area contributed by atoms with Gasteiger partial charge in [0.2, 0.25) is 0 Å². The van der Waals surface area contributed by atoms with Gasteiger partial charge in [0, 0.05) is 24.7 Å². The third-order valence-electron chi connectivity index (χ3n) is 3.78. The highest BCUT2D eigenvalue weighted by Crippen LogP contribution is 2.48. The van der Waals surface area contributed by atoms with Gasteiger partial charge < -0.3 is 9.64 Å². The van der Waals surface area contributed by atoms with Crippen molar-refractivity contribution in [1.82, 2.24) is 9.88 Å². The largest absolute Gasteiger partial charge is 0.417 e. The lowest BCUT2D eigenvalue weighted by atomic mass is 9.64. The maximum absolute atomic E-state index is 11.7. The van der Waals surface area contributed by atoms with E-state index >= 15 is 0 Å². The van der Waals surface area contributed by atoms with Crippen LogP contribution in [0.3, 0.4) is 0 Å². The molecule has 0 bridgehead atoms. The molecule has 0 atom stereocenters. The highest BCUT2D eigenvalue weighted by Gasteiger charge is 2.49. The number of hydrogen-bond acceptors (Lipinski definition) is 4. The summed E-state index contributed by atoms with van der Waals surface area (Å²) in [7, 11) is 0. The first-order valence-electron chi connectivity index (χ1n) is 6.11. The predicted molar refractivity (Wildman–Crippen MR) is 62.9 cm³/mol. The first-order valence-corrected chi connectivity index (χ1v) is 6.11. The molecule has 94 valence electrons. The molecule has 1 aromatic heterocycles. The number of ether oxygens (including phenoxy) is 1. The molecule has 3 rings (SSSR count). The molecule has 2 fully saturated rings. The quantitative estimate of drug-likeness (QED) is 0.560. The molecule has 0 N–H and O–H groups in total. The van der Waals surface area contributed by atoms with Gasteiger partial charge in [-0.15, -0.1) is 0 Å². The van der Waals surface area contributed by atoms with Gasteiger partial charge in [-0.05, 0) is 25.0 Å². The molecule has 0 aromatic carbocycles. The number of rotatable bonds is 1. The van der Waals surface area contributed by atoms with E-state index in [9.17, 15) is 9.59 Å². The Morgan fingerprint density at radius 1 is 1.28 bits per heavy atom. The fraction of sp³-hybridized carbons (Fsp3) is 0.462. The maximum atomic E-state index is 11.7. The third kappa shape index (κ3) is 1.85. The van der Waals surface area contributed by atoms with Gasteiger partial charge in [0.1, 0.15) is 5.69 Å². The SMILES string of the molecule is O=C(OC(=O)N1CC2(CCC2)C1)c1ccccn1. The molecule has 2 heterocycles. The van der Waals surface area contributed by atoms with Gasteiger partial charge in [0.05, 0.1) is 0 Å². The first-order chi connectivity index (χ1) is 8.69. The lowest BCUT2D eigenvalue weighted by molar-refractivity contribution is -0.0483. The van der Waals surface area contributed by atoms with Gasteiger partial charge in [-0.25, -0.2) is 14.6 Å². The van der Waals surface area contributed by atoms with Gasteiger partial charge in [-0.3, -0.25) is 0 Å². The minimum Gasteiger partial charge on any atom is -0.371 e. The van der Waals surface area contributed by atoms with Gasteiger partial charge >= 0.3 is 12.1 Å². The number of pyridine rings is 1. The Balaban J connectivity index is 1.54. The number of nitrogens with zero attached hydrogens (tertiary/aromatic N) is 2.